The first kappa shape index (κ1) is 13.1. The lowest BCUT2D eigenvalue weighted by atomic mass is 10.0. The van der Waals surface area contributed by atoms with E-state index < -0.39 is 36.0 Å². The van der Waals surface area contributed by atoms with E-state index in [0.29, 0.717) is 9.80 Å². The normalized spacial score (nSPS) is 19.8. The van der Waals surface area contributed by atoms with Gasteiger partial charge in [0.25, 0.3) is 0 Å². The second-order valence-corrected chi connectivity index (χ2v) is 3.80. The zero-order valence-corrected chi connectivity index (χ0v) is 9.59. The summed E-state index contributed by atoms with van der Waals surface area (Å²) in [6, 6.07) is -0.970. The molecule has 1 heterocycles. The molecule has 1 fully saturated rings. The van der Waals surface area contributed by atoms with Crippen molar-refractivity contribution in [1.29, 1.82) is 0 Å². The summed E-state index contributed by atoms with van der Waals surface area (Å²) in [5, 5.41) is 9.08. The van der Waals surface area contributed by atoms with E-state index in [-0.39, 0.29) is 0 Å². The van der Waals surface area contributed by atoms with Crippen molar-refractivity contribution < 1.29 is 29.0 Å². The number of carbonyl (C=O) groups is 4. The van der Waals surface area contributed by atoms with Crippen molar-refractivity contribution in [2.24, 2.45) is 0 Å². The van der Waals surface area contributed by atoms with Crippen LogP contribution in [0.25, 0.3) is 0 Å². The van der Waals surface area contributed by atoms with Crippen molar-refractivity contribution in [3.05, 3.63) is 0 Å². The summed E-state index contributed by atoms with van der Waals surface area (Å²) in [4.78, 5) is 46.6. The molecule has 0 bridgehead atoms. The molecule has 0 spiro atoms. The zero-order valence-electron chi connectivity index (χ0n) is 9.59. The Morgan fingerprint density at radius 2 is 1.88 bits per heavy atom. The fraction of sp³-hybridized carbons (Fsp3) is 0.556. The molecule has 8 nitrogen and oxygen atoms in total. The monoisotopic (exact) mass is 244 g/mol. The Hall–Kier alpha value is -1.96. The van der Waals surface area contributed by atoms with Crippen LogP contribution in [-0.4, -0.2) is 65.0 Å². The minimum atomic E-state index is -1.90. The molecule has 0 aromatic heterocycles. The highest BCUT2D eigenvalue weighted by Gasteiger charge is 2.55. The third-order valence-electron chi connectivity index (χ3n) is 2.55. The molecule has 1 rings (SSSR count). The molecule has 4 amide bonds. The summed E-state index contributed by atoms with van der Waals surface area (Å²) in [5.74, 6) is -3.65. The third-order valence-corrected chi connectivity index (χ3v) is 2.55. The Morgan fingerprint density at radius 3 is 2.18 bits per heavy atom. The van der Waals surface area contributed by atoms with Gasteiger partial charge in [-0.2, -0.15) is 0 Å². The van der Waals surface area contributed by atoms with Gasteiger partial charge in [0, 0.05) is 14.2 Å². The molecule has 1 unspecified atom stereocenters. The molecule has 0 radical (unpaired) electrons. The number of carbonyl (C=O) groups excluding carboxylic acids is 3. The highest BCUT2D eigenvalue weighted by molar-refractivity contribution is 6.45. The number of nitrogens with zero attached hydrogens (tertiary/aromatic N) is 2. The van der Waals surface area contributed by atoms with E-state index in [4.69, 9.17) is 9.84 Å². The average molecular weight is 244 g/mol. The fourth-order valence-corrected chi connectivity index (χ4v) is 1.50. The lowest BCUT2D eigenvalue weighted by Gasteiger charge is -2.31. The Morgan fingerprint density at radius 1 is 1.35 bits per heavy atom. The van der Waals surface area contributed by atoms with Gasteiger partial charge in [-0.1, -0.05) is 0 Å². The number of urea groups is 1. The number of amides is 4. The first-order chi connectivity index (χ1) is 7.77. The lowest BCUT2D eigenvalue weighted by Crippen LogP contribution is -2.58. The minimum Gasteiger partial charge on any atom is -0.479 e. The van der Waals surface area contributed by atoms with Crippen molar-refractivity contribution in [2.45, 2.75) is 12.5 Å². The summed E-state index contributed by atoms with van der Waals surface area (Å²) < 4.78 is 4.69. The van der Waals surface area contributed by atoms with Crippen molar-refractivity contribution in [1.82, 2.24) is 9.80 Å². The number of ether oxygens (including phenoxy) is 1. The van der Waals surface area contributed by atoms with E-state index in [1.54, 1.807) is 0 Å². The average Bonchev–Trinajstić information content (AvgIpc) is 2.44. The molecule has 1 atom stereocenters. The number of imide groups is 2. The Kier molecular flexibility index (Phi) is 3.18. The predicted octanol–water partition coefficient (Wildman–Crippen LogP) is -1.10. The van der Waals surface area contributed by atoms with Gasteiger partial charge in [-0.25, -0.2) is 14.5 Å². The summed E-state index contributed by atoms with van der Waals surface area (Å²) in [5.41, 5.74) is -1.90. The maximum atomic E-state index is 11.6. The molecule has 17 heavy (non-hydrogen) atoms. The summed E-state index contributed by atoms with van der Waals surface area (Å²) in [7, 11) is 2.34. The van der Waals surface area contributed by atoms with Gasteiger partial charge in [-0.15, -0.1) is 0 Å². The first-order valence-corrected chi connectivity index (χ1v) is 4.66. The van der Waals surface area contributed by atoms with E-state index in [1.807, 2.05) is 0 Å². The molecule has 1 aliphatic rings. The summed E-state index contributed by atoms with van der Waals surface area (Å²) in [6.45, 7) is 0.738. The molecule has 1 aliphatic heterocycles. The van der Waals surface area contributed by atoms with Gasteiger partial charge in [-0.05, 0) is 6.92 Å². The van der Waals surface area contributed by atoms with Crippen molar-refractivity contribution in [3.63, 3.8) is 0 Å². The third kappa shape index (κ3) is 1.76. The quantitative estimate of drug-likeness (QED) is 0.497. The van der Waals surface area contributed by atoms with Crippen LogP contribution in [0.15, 0.2) is 0 Å². The van der Waals surface area contributed by atoms with Crippen LogP contribution in [0.3, 0.4) is 0 Å². The second kappa shape index (κ2) is 4.13. The molecule has 0 aliphatic carbocycles. The van der Waals surface area contributed by atoms with Crippen molar-refractivity contribution in [3.8, 4) is 0 Å². The van der Waals surface area contributed by atoms with E-state index >= 15 is 0 Å². The van der Waals surface area contributed by atoms with E-state index in [1.165, 1.54) is 7.11 Å². The van der Waals surface area contributed by atoms with Gasteiger partial charge in [0.05, 0.1) is 6.61 Å². The minimum absolute atomic E-state index is 0.402. The summed E-state index contributed by atoms with van der Waals surface area (Å²) >= 11 is 0. The van der Waals surface area contributed by atoms with E-state index in [0.717, 1.165) is 14.0 Å². The fourth-order valence-electron chi connectivity index (χ4n) is 1.50. The molecular weight excluding hydrogens is 232 g/mol. The van der Waals surface area contributed by atoms with Crippen LogP contribution >= 0.6 is 0 Å². The molecule has 0 aromatic carbocycles. The van der Waals surface area contributed by atoms with Gasteiger partial charge in [-0.3, -0.25) is 14.5 Å². The SMILES string of the molecule is COCC(C)(C(=O)O)N1C(=O)C(=O)N(C)C1=O. The highest BCUT2D eigenvalue weighted by atomic mass is 16.5. The largest absolute Gasteiger partial charge is 0.479 e. The Labute approximate surface area is 96.7 Å². The Balaban J connectivity index is 3.21. The van der Waals surface area contributed by atoms with Crippen LogP contribution in [0.1, 0.15) is 6.92 Å². The molecule has 1 saturated heterocycles. The van der Waals surface area contributed by atoms with E-state index in [9.17, 15) is 19.2 Å². The van der Waals surface area contributed by atoms with E-state index in [2.05, 4.69) is 0 Å². The van der Waals surface area contributed by atoms with Gasteiger partial charge in [0.15, 0.2) is 5.54 Å². The predicted molar refractivity (Wildman–Crippen MR) is 52.9 cm³/mol. The van der Waals surface area contributed by atoms with Crippen molar-refractivity contribution >= 4 is 23.8 Å². The maximum Gasteiger partial charge on any atom is 0.335 e. The van der Waals surface area contributed by atoms with Crippen LogP contribution < -0.4 is 0 Å². The molecule has 94 valence electrons. The Bertz CT molecular complexity index is 406. The van der Waals surface area contributed by atoms with Crippen molar-refractivity contribution in [2.75, 3.05) is 20.8 Å². The molecule has 0 saturated carbocycles. The number of carboxylic acid groups (broad SMARTS) is 1. The standard InChI is InChI=1S/C9H12N2O6/c1-9(4-17-3,7(14)15)11-6(13)5(12)10(2)8(11)16/h4H2,1-3H3,(H,14,15). The van der Waals surface area contributed by atoms with Gasteiger partial charge < -0.3 is 9.84 Å². The van der Waals surface area contributed by atoms with Crippen LogP contribution in [0.5, 0.6) is 0 Å². The topological polar surface area (TPSA) is 104 Å². The van der Waals surface area contributed by atoms with Crippen LogP contribution in [0.2, 0.25) is 0 Å². The first-order valence-electron chi connectivity index (χ1n) is 4.66. The number of methoxy groups -OCH3 is 1. The lowest BCUT2D eigenvalue weighted by molar-refractivity contribution is -0.158. The highest BCUT2D eigenvalue weighted by Crippen LogP contribution is 2.23. The number of rotatable bonds is 4. The number of likely N-dealkylation sites (N-methyl/N-ethyl adjacent to an activating group) is 1. The molecule has 1 N–H and O–H groups in total. The molecule has 8 heteroatoms. The maximum absolute atomic E-state index is 11.6. The smallest absolute Gasteiger partial charge is 0.335 e. The van der Waals surface area contributed by atoms with Gasteiger partial charge in [0.1, 0.15) is 0 Å². The number of aliphatic carboxylic acids is 1. The number of hydrogen-bond acceptors (Lipinski definition) is 5. The van der Waals surface area contributed by atoms with Gasteiger partial charge >= 0.3 is 23.8 Å². The number of hydrogen-bond donors (Lipinski definition) is 1. The number of carboxylic acids is 1. The second-order valence-electron chi connectivity index (χ2n) is 3.80. The molecule has 0 aromatic rings. The van der Waals surface area contributed by atoms with Crippen LogP contribution in [0, 0.1) is 0 Å². The molecular formula is C9H12N2O6. The summed E-state index contributed by atoms with van der Waals surface area (Å²) in [6.07, 6.45) is 0. The van der Waals surface area contributed by atoms with Crippen LogP contribution in [0.4, 0.5) is 4.79 Å². The van der Waals surface area contributed by atoms with Crippen LogP contribution in [-0.2, 0) is 19.1 Å². The zero-order chi connectivity index (χ0) is 13.4. The van der Waals surface area contributed by atoms with Gasteiger partial charge in [0.2, 0.25) is 0 Å².